The topological polar surface area (TPSA) is 103 Å². The number of rotatable bonds is 7. The largest absolute Gasteiger partial charge is 0.341 e. The summed E-state index contributed by atoms with van der Waals surface area (Å²) in [5.41, 5.74) is 7.68. The van der Waals surface area contributed by atoms with Gasteiger partial charge in [0.2, 0.25) is 5.95 Å². The van der Waals surface area contributed by atoms with Gasteiger partial charge in [0.1, 0.15) is 11.0 Å². The summed E-state index contributed by atoms with van der Waals surface area (Å²) in [6, 6.07) is 12.0. The van der Waals surface area contributed by atoms with E-state index in [4.69, 9.17) is 4.98 Å². The Labute approximate surface area is 210 Å². The second-order valence-electron chi connectivity index (χ2n) is 10.0. The Morgan fingerprint density at radius 2 is 1.83 bits per heavy atom. The van der Waals surface area contributed by atoms with Gasteiger partial charge in [0.25, 0.3) is 5.91 Å². The smallest absolute Gasteiger partial charge is 0.253 e. The van der Waals surface area contributed by atoms with Crippen molar-refractivity contribution in [1.29, 1.82) is 0 Å². The van der Waals surface area contributed by atoms with Crippen LogP contribution < -0.4 is 5.32 Å². The minimum absolute atomic E-state index is 0.0170. The van der Waals surface area contributed by atoms with E-state index >= 15 is 0 Å². The fraction of sp³-hybridized carbons (Fsp3) is 0.370. The van der Waals surface area contributed by atoms with Crippen LogP contribution in [0.25, 0.3) is 11.0 Å². The van der Waals surface area contributed by atoms with Gasteiger partial charge < -0.3 is 10.2 Å². The van der Waals surface area contributed by atoms with Crippen LogP contribution in [-0.2, 0) is 13.1 Å². The van der Waals surface area contributed by atoms with E-state index < -0.39 is 0 Å². The minimum Gasteiger partial charge on any atom is -0.341 e. The predicted octanol–water partition coefficient (Wildman–Crippen LogP) is 4.22. The summed E-state index contributed by atoms with van der Waals surface area (Å²) < 4.78 is 0. The number of aromatic nitrogens is 5. The molecule has 2 aromatic carbocycles. The Morgan fingerprint density at radius 3 is 2.61 bits per heavy atom. The van der Waals surface area contributed by atoms with Crippen molar-refractivity contribution in [2.75, 3.05) is 18.9 Å². The SMILES string of the molecule is Cc1cc(C)cc(Nc2ncc3c(n2)CN(C(C)C(C)CN(C)C(=O)c2ccc4n[nH]nc4c2)C3)c1. The molecule has 0 spiro atoms. The summed E-state index contributed by atoms with van der Waals surface area (Å²) in [5.74, 6) is 0.872. The van der Waals surface area contributed by atoms with E-state index in [9.17, 15) is 4.79 Å². The van der Waals surface area contributed by atoms with E-state index in [0.717, 1.165) is 35.6 Å². The molecule has 2 atom stereocenters. The second-order valence-corrected chi connectivity index (χ2v) is 10.0. The van der Waals surface area contributed by atoms with Gasteiger partial charge in [-0.05, 0) is 68.1 Å². The number of aromatic amines is 1. The number of aryl methyl sites for hydroxylation is 2. The molecule has 2 unspecified atom stereocenters. The van der Waals surface area contributed by atoms with Crippen LogP contribution in [0.5, 0.6) is 0 Å². The molecule has 1 aliphatic rings. The van der Waals surface area contributed by atoms with Crippen LogP contribution in [0.3, 0.4) is 0 Å². The highest BCUT2D eigenvalue weighted by Crippen LogP contribution is 2.27. The van der Waals surface area contributed by atoms with Gasteiger partial charge in [0, 0.05) is 55.7 Å². The zero-order chi connectivity index (χ0) is 25.4. The highest BCUT2D eigenvalue weighted by atomic mass is 16.2. The molecule has 1 amide bonds. The summed E-state index contributed by atoms with van der Waals surface area (Å²) in [4.78, 5) is 26.6. The van der Waals surface area contributed by atoms with Crippen molar-refractivity contribution >= 4 is 28.6 Å². The second kappa shape index (κ2) is 9.66. The fourth-order valence-corrected chi connectivity index (χ4v) is 4.92. The van der Waals surface area contributed by atoms with Gasteiger partial charge in [-0.15, -0.1) is 0 Å². The molecule has 0 saturated carbocycles. The molecule has 1 aliphatic heterocycles. The van der Waals surface area contributed by atoms with E-state index in [1.54, 1.807) is 17.0 Å². The first-order valence-corrected chi connectivity index (χ1v) is 12.3. The fourth-order valence-electron chi connectivity index (χ4n) is 4.92. The van der Waals surface area contributed by atoms with E-state index in [2.05, 4.69) is 76.5 Å². The molecule has 9 heteroatoms. The lowest BCUT2D eigenvalue weighted by Gasteiger charge is -2.32. The molecule has 0 fully saturated rings. The molecule has 2 aromatic heterocycles. The van der Waals surface area contributed by atoms with E-state index in [-0.39, 0.29) is 17.9 Å². The van der Waals surface area contributed by atoms with Gasteiger partial charge in [-0.2, -0.15) is 15.4 Å². The van der Waals surface area contributed by atoms with Crippen molar-refractivity contribution in [3.63, 3.8) is 0 Å². The zero-order valence-electron chi connectivity index (χ0n) is 21.4. The third-order valence-corrected chi connectivity index (χ3v) is 7.03. The molecular formula is C27H32N8O. The van der Waals surface area contributed by atoms with Gasteiger partial charge >= 0.3 is 0 Å². The maximum atomic E-state index is 13.0. The molecule has 2 N–H and O–H groups in total. The minimum atomic E-state index is -0.0170. The van der Waals surface area contributed by atoms with Crippen molar-refractivity contribution in [2.24, 2.45) is 5.92 Å². The Balaban J connectivity index is 1.21. The molecular weight excluding hydrogens is 452 g/mol. The number of hydrogen-bond donors (Lipinski definition) is 2. The first kappa shape index (κ1) is 23.9. The summed E-state index contributed by atoms with van der Waals surface area (Å²) >= 11 is 0. The number of H-pyrrole nitrogens is 1. The lowest BCUT2D eigenvalue weighted by Crippen LogP contribution is -2.40. The quantitative estimate of drug-likeness (QED) is 0.405. The third kappa shape index (κ3) is 4.92. The number of carbonyl (C=O) groups is 1. The summed E-state index contributed by atoms with van der Waals surface area (Å²) in [6.45, 7) is 10.8. The lowest BCUT2D eigenvalue weighted by molar-refractivity contribution is 0.0727. The Hall–Kier alpha value is -3.85. The summed E-state index contributed by atoms with van der Waals surface area (Å²) in [7, 11) is 1.85. The normalized spacial score (nSPS) is 15.0. The Bertz CT molecular complexity index is 1390. The van der Waals surface area contributed by atoms with Gasteiger partial charge in [-0.25, -0.2) is 9.97 Å². The number of fused-ring (bicyclic) bond motifs is 2. The molecule has 9 nitrogen and oxygen atoms in total. The number of hydrogen-bond acceptors (Lipinski definition) is 7. The third-order valence-electron chi connectivity index (χ3n) is 7.03. The van der Waals surface area contributed by atoms with Crippen LogP contribution in [-0.4, -0.2) is 60.7 Å². The molecule has 36 heavy (non-hydrogen) atoms. The molecule has 5 rings (SSSR count). The lowest BCUT2D eigenvalue weighted by atomic mass is 10.0. The molecule has 186 valence electrons. The number of amides is 1. The van der Waals surface area contributed by atoms with Gasteiger partial charge in [-0.3, -0.25) is 9.69 Å². The number of anilines is 2. The van der Waals surface area contributed by atoms with Crippen molar-refractivity contribution in [3.05, 3.63) is 70.5 Å². The standard InChI is InChI=1S/C27H32N8O/c1-16-8-17(2)10-22(9-16)29-27-28-12-21-14-35(15-25(21)30-27)19(4)18(3)13-34(5)26(36)20-6-7-23-24(11-20)32-33-31-23/h6-12,18-19H,13-15H2,1-5H3,(H,28,29,30)(H,31,32,33). The highest BCUT2D eigenvalue weighted by molar-refractivity contribution is 5.97. The van der Waals surface area contributed by atoms with Gasteiger partial charge in [-0.1, -0.05) is 13.0 Å². The maximum absolute atomic E-state index is 13.0. The van der Waals surface area contributed by atoms with Crippen LogP contribution in [0.4, 0.5) is 11.6 Å². The molecule has 3 heterocycles. The van der Waals surface area contributed by atoms with Crippen LogP contribution in [0.15, 0.2) is 42.6 Å². The van der Waals surface area contributed by atoms with Crippen molar-refractivity contribution in [1.82, 2.24) is 35.2 Å². The van der Waals surface area contributed by atoms with Gasteiger partial charge in [0.15, 0.2) is 0 Å². The van der Waals surface area contributed by atoms with E-state index in [1.165, 1.54) is 11.1 Å². The number of nitrogens with one attached hydrogen (secondary N) is 2. The van der Waals surface area contributed by atoms with Crippen molar-refractivity contribution < 1.29 is 4.79 Å². The van der Waals surface area contributed by atoms with Gasteiger partial charge in [0.05, 0.1) is 5.69 Å². The van der Waals surface area contributed by atoms with Crippen molar-refractivity contribution in [2.45, 2.75) is 46.8 Å². The number of carbonyl (C=O) groups excluding carboxylic acids is 1. The van der Waals surface area contributed by atoms with E-state index in [1.807, 2.05) is 19.3 Å². The van der Waals surface area contributed by atoms with Crippen LogP contribution in [0.1, 0.15) is 46.6 Å². The predicted molar refractivity (Wildman–Crippen MR) is 140 cm³/mol. The van der Waals surface area contributed by atoms with Crippen LogP contribution in [0.2, 0.25) is 0 Å². The Kier molecular flexibility index (Phi) is 6.40. The monoisotopic (exact) mass is 484 g/mol. The average molecular weight is 485 g/mol. The first-order chi connectivity index (χ1) is 17.3. The molecule has 4 aromatic rings. The molecule has 0 aliphatic carbocycles. The summed E-state index contributed by atoms with van der Waals surface area (Å²) in [5, 5.41) is 14.1. The van der Waals surface area contributed by atoms with E-state index in [0.29, 0.717) is 23.6 Å². The molecule has 0 radical (unpaired) electrons. The average Bonchev–Trinajstić information content (AvgIpc) is 3.48. The number of nitrogens with zero attached hydrogens (tertiary/aromatic N) is 6. The maximum Gasteiger partial charge on any atom is 0.253 e. The molecule has 0 saturated heterocycles. The van der Waals surface area contributed by atoms with Crippen LogP contribution in [0, 0.1) is 19.8 Å². The van der Waals surface area contributed by atoms with Crippen LogP contribution >= 0.6 is 0 Å². The van der Waals surface area contributed by atoms with Crippen molar-refractivity contribution in [3.8, 4) is 0 Å². The zero-order valence-corrected chi connectivity index (χ0v) is 21.4. The highest BCUT2D eigenvalue weighted by Gasteiger charge is 2.29. The molecule has 0 bridgehead atoms. The summed E-state index contributed by atoms with van der Waals surface area (Å²) in [6.07, 6.45) is 1.93. The first-order valence-electron chi connectivity index (χ1n) is 12.3. The number of benzene rings is 2. The Morgan fingerprint density at radius 1 is 1.08 bits per heavy atom.